The number of sulfone groups is 1. The number of rotatable bonds is 7. The summed E-state index contributed by atoms with van der Waals surface area (Å²) >= 11 is 0. The van der Waals surface area contributed by atoms with Crippen LogP contribution in [-0.2, 0) is 9.84 Å². The summed E-state index contributed by atoms with van der Waals surface area (Å²) < 4.78 is 51.1. The molecule has 29 heavy (non-hydrogen) atoms. The molecule has 0 aliphatic heterocycles. The van der Waals surface area contributed by atoms with Crippen LogP contribution in [0.25, 0.3) is 5.69 Å². The van der Waals surface area contributed by atoms with Gasteiger partial charge in [-0.2, -0.15) is 5.10 Å². The molecule has 2 aromatic heterocycles. The van der Waals surface area contributed by atoms with Gasteiger partial charge in [0.2, 0.25) is 0 Å². The van der Waals surface area contributed by atoms with Gasteiger partial charge in [0.15, 0.2) is 14.9 Å². The van der Waals surface area contributed by atoms with E-state index < -0.39 is 33.5 Å². The lowest BCUT2D eigenvalue weighted by molar-refractivity contribution is 0.0685. The predicted molar refractivity (Wildman–Crippen MR) is 101 cm³/mol. The standard InChI is InChI=1S/C18H22F2N4O4S/c1-29(27,28)13-8-7-12(10-21-13)24-17(22-9-11-5-3-2-4-6-11)14(18(25)26)15(23-24)16(19)20/h7-8,10-11,16,22H,2-6,9H2,1H3,(H,25,26). The van der Waals surface area contributed by atoms with E-state index in [0.29, 0.717) is 12.5 Å². The van der Waals surface area contributed by atoms with Crippen molar-refractivity contribution in [3.8, 4) is 5.69 Å². The Morgan fingerprint density at radius 3 is 2.52 bits per heavy atom. The molecule has 0 atom stereocenters. The van der Waals surface area contributed by atoms with Crippen molar-refractivity contribution in [2.45, 2.75) is 43.6 Å². The molecular formula is C18H22F2N4O4S. The third-order valence-corrected chi connectivity index (χ3v) is 5.96. The third kappa shape index (κ3) is 4.72. The molecule has 8 nitrogen and oxygen atoms in total. The molecule has 1 fully saturated rings. The Balaban J connectivity index is 2.02. The van der Waals surface area contributed by atoms with Crippen LogP contribution in [0.2, 0.25) is 0 Å². The number of carboxylic acid groups (broad SMARTS) is 1. The van der Waals surface area contributed by atoms with Crippen LogP contribution in [0.3, 0.4) is 0 Å². The fourth-order valence-corrected chi connectivity index (χ4v) is 4.06. The van der Waals surface area contributed by atoms with Gasteiger partial charge in [-0.15, -0.1) is 0 Å². The normalized spacial score (nSPS) is 15.6. The van der Waals surface area contributed by atoms with E-state index in [0.717, 1.165) is 49.2 Å². The summed E-state index contributed by atoms with van der Waals surface area (Å²) in [5, 5.41) is 16.1. The number of hydrogen-bond donors (Lipinski definition) is 2. The number of pyridine rings is 1. The van der Waals surface area contributed by atoms with Gasteiger partial charge in [-0.3, -0.25) is 0 Å². The lowest BCUT2D eigenvalue weighted by Crippen LogP contribution is -2.20. The van der Waals surface area contributed by atoms with E-state index in [9.17, 15) is 27.1 Å². The molecule has 2 aromatic rings. The predicted octanol–water partition coefficient (Wildman–Crippen LogP) is 3.30. The topological polar surface area (TPSA) is 114 Å². The largest absolute Gasteiger partial charge is 0.477 e. The van der Waals surface area contributed by atoms with Crippen molar-refractivity contribution < 1.29 is 27.1 Å². The molecule has 2 heterocycles. The Morgan fingerprint density at radius 2 is 2.00 bits per heavy atom. The number of halogens is 2. The maximum absolute atomic E-state index is 13.5. The summed E-state index contributed by atoms with van der Waals surface area (Å²) in [6.45, 7) is 0.434. The molecule has 0 amide bonds. The summed E-state index contributed by atoms with van der Waals surface area (Å²) in [4.78, 5) is 15.5. The van der Waals surface area contributed by atoms with Gasteiger partial charge >= 0.3 is 5.97 Å². The van der Waals surface area contributed by atoms with Crippen LogP contribution in [0.4, 0.5) is 14.6 Å². The van der Waals surface area contributed by atoms with Crippen molar-refractivity contribution in [2.75, 3.05) is 18.1 Å². The SMILES string of the molecule is CS(=O)(=O)c1ccc(-n2nc(C(F)F)c(C(=O)O)c2NCC2CCCCC2)cn1. The van der Waals surface area contributed by atoms with Crippen molar-refractivity contribution in [3.05, 3.63) is 29.6 Å². The molecule has 2 N–H and O–H groups in total. The zero-order valence-electron chi connectivity index (χ0n) is 15.8. The van der Waals surface area contributed by atoms with Crippen molar-refractivity contribution in [3.63, 3.8) is 0 Å². The van der Waals surface area contributed by atoms with E-state index in [4.69, 9.17) is 0 Å². The highest BCUT2D eigenvalue weighted by Gasteiger charge is 2.30. The highest BCUT2D eigenvalue weighted by molar-refractivity contribution is 7.90. The van der Waals surface area contributed by atoms with Crippen molar-refractivity contribution in [2.24, 2.45) is 5.92 Å². The van der Waals surface area contributed by atoms with Gasteiger partial charge in [0, 0.05) is 12.8 Å². The van der Waals surface area contributed by atoms with E-state index in [2.05, 4.69) is 15.4 Å². The Kier molecular flexibility index (Phi) is 6.15. The number of aromatic carboxylic acids is 1. The lowest BCUT2D eigenvalue weighted by Gasteiger charge is -2.22. The van der Waals surface area contributed by atoms with Crippen LogP contribution in [0.1, 0.15) is 54.6 Å². The van der Waals surface area contributed by atoms with Gasteiger partial charge < -0.3 is 10.4 Å². The Morgan fingerprint density at radius 1 is 1.31 bits per heavy atom. The first-order chi connectivity index (χ1) is 13.7. The van der Waals surface area contributed by atoms with E-state index in [-0.39, 0.29) is 16.5 Å². The second-order valence-corrected chi connectivity index (χ2v) is 9.10. The molecule has 1 aliphatic rings. The minimum Gasteiger partial charge on any atom is -0.477 e. The van der Waals surface area contributed by atoms with E-state index in [1.165, 1.54) is 12.1 Å². The van der Waals surface area contributed by atoms with Gasteiger partial charge in [0.1, 0.15) is 17.1 Å². The number of carboxylic acids is 1. The molecule has 0 saturated heterocycles. The van der Waals surface area contributed by atoms with Crippen LogP contribution in [0.15, 0.2) is 23.4 Å². The maximum atomic E-state index is 13.5. The molecule has 11 heteroatoms. The average Bonchev–Trinajstić information content (AvgIpc) is 3.07. The number of nitrogens with zero attached hydrogens (tertiary/aromatic N) is 3. The van der Waals surface area contributed by atoms with E-state index in [1.807, 2.05) is 0 Å². The highest BCUT2D eigenvalue weighted by Crippen LogP contribution is 2.32. The summed E-state index contributed by atoms with van der Waals surface area (Å²) in [6.07, 6.45) is 4.36. The highest BCUT2D eigenvalue weighted by atomic mass is 32.2. The summed E-state index contributed by atoms with van der Waals surface area (Å²) in [5.74, 6) is -1.26. The van der Waals surface area contributed by atoms with Crippen LogP contribution < -0.4 is 5.32 Å². The lowest BCUT2D eigenvalue weighted by atomic mass is 9.89. The summed E-state index contributed by atoms with van der Waals surface area (Å²) in [7, 11) is -3.54. The molecular weight excluding hydrogens is 406 g/mol. The Bertz CT molecular complexity index is 984. The number of hydrogen-bond acceptors (Lipinski definition) is 6. The zero-order chi connectivity index (χ0) is 21.2. The first kappa shape index (κ1) is 21.2. The molecule has 1 saturated carbocycles. The number of anilines is 1. The van der Waals surface area contributed by atoms with Crippen molar-refractivity contribution >= 4 is 21.6 Å². The van der Waals surface area contributed by atoms with Crippen LogP contribution in [0, 0.1) is 5.92 Å². The second kappa shape index (κ2) is 8.44. The average molecular weight is 428 g/mol. The van der Waals surface area contributed by atoms with Crippen LogP contribution in [0.5, 0.6) is 0 Å². The number of aromatic nitrogens is 3. The van der Waals surface area contributed by atoms with Crippen LogP contribution in [-0.4, -0.2) is 47.1 Å². The third-order valence-electron chi connectivity index (χ3n) is 4.96. The zero-order valence-corrected chi connectivity index (χ0v) is 16.6. The minimum absolute atomic E-state index is 0.0627. The number of alkyl halides is 2. The van der Waals surface area contributed by atoms with Gasteiger partial charge in [0.05, 0.1) is 11.9 Å². The van der Waals surface area contributed by atoms with E-state index >= 15 is 0 Å². The molecule has 158 valence electrons. The van der Waals surface area contributed by atoms with E-state index in [1.54, 1.807) is 0 Å². The Hall–Kier alpha value is -2.56. The monoisotopic (exact) mass is 428 g/mol. The fourth-order valence-electron chi connectivity index (χ4n) is 3.50. The molecule has 0 aromatic carbocycles. The van der Waals surface area contributed by atoms with Crippen molar-refractivity contribution in [1.82, 2.24) is 14.8 Å². The summed E-state index contributed by atoms with van der Waals surface area (Å²) in [5.41, 5.74) is -1.27. The molecule has 1 aliphatic carbocycles. The molecule has 0 unspecified atom stereocenters. The fraction of sp³-hybridized carbons (Fsp3) is 0.500. The minimum atomic E-state index is -3.54. The van der Waals surface area contributed by atoms with Gasteiger partial charge in [-0.25, -0.2) is 31.7 Å². The smallest absolute Gasteiger partial charge is 0.341 e. The molecule has 0 bridgehead atoms. The first-order valence-electron chi connectivity index (χ1n) is 9.23. The van der Waals surface area contributed by atoms with Gasteiger partial charge in [-0.05, 0) is 30.9 Å². The summed E-state index contributed by atoms with van der Waals surface area (Å²) in [6, 6.07) is 2.57. The van der Waals surface area contributed by atoms with Crippen molar-refractivity contribution in [1.29, 1.82) is 0 Å². The van der Waals surface area contributed by atoms with Crippen LogP contribution >= 0.6 is 0 Å². The Labute approximate surface area is 166 Å². The quantitative estimate of drug-likeness (QED) is 0.695. The number of nitrogens with one attached hydrogen (secondary N) is 1. The maximum Gasteiger partial charge on any atom is 0.341 e. The molecule has 0 radical (unpaired) electrons. The molecule has 3 rings (SSSR count). The second-order valence-electron chi connectivity index (χ2n) is 7.14. The first-order valence-corrected chi connectivity index (χ1v) is 11.1. The van der Waals surface area contributed by atoms with Gasteiger partial charge in [-0.1, -0.05) is 19.3 Å². The molecule has 0 spiro atoms. The number of carbonyl (C=O) groups is 1. The van der Waals surface area contributed by atoms with Gasteiger partial charge in [0.25, 0.3) is 6.43 Å².